The molecule has 2 aliphatic rings. The van der Waals surface area contributed by atoms with Gasteiger partial charge in [-0.3, -0.25) is 14.4 Å². The second kappa shape index (κ2) is 8.92. The summed E-state index contributed by atoms with van der Waals surface area (Å²) in [6.45, 7) is 2.04. The van der Waals surface area contributed by atoms with Crippen molar-refractivity contribution in [3.05, 3.63) is 64.1 Å². The maximum absolute atomic E-state index is 14.3. The molecule has 8 nitrogen and oxygen atoms in total. The minimum Gasteiger partial charge on any atom is -0.350 e. The second-order valence-electron chi connectivity index (χ2n) is 9.88. The van der Waals surface area contributed by atoms with Gasteiger partial charge in [-0.2, -0.15) is 5.10 Å². The van der Waals surface area contributed by atoms with Crippen molar-refractivity contribution in [3.63, 3.8) is 0 Å². The zero-order valence-corrected chi connectivity index (χ0v) is 20.3. The van der Waals surface area contributed by atoms with E-state index in [4.69, 9.17) is 11.6 Å². The van der Waals surface area contributed by atoms with E-state index in [0.717, 1.165) is 42.8 Å². The number of ketones is 1. The quantitative estimate of drug-likeness (QED) is 0.497. The predicted octanol–water partition coefficient (Wildman–Crippen LogP) is 3.86. The highest BCUT2D eigenvalue weighted by molar-refractivity contribution is 6.30. The molecule has 2 aromatic heterocycles. The number of carbonyl (C=O) groups excluding carboxylic acids is 3. The molecule has 0 unspecified atom stereocenters. The van der Waals surface area contributed by atoms with E-state index in [-0.39, 0.29) is 45.2 Å². The Hall–Kier alpha value is -3.40. The Morgan fingerprint density at radius 2 is 1.81 bits per heavy atom. The Morgan fingerprint density at radius 1 is 1.06 bits per heavy atom. The largest absolute Gasteiger partial charge is 0.350 e. The average Bonchev–Trinajstić information content (AvgIpc) is 3.55. The predicted molar refractivity (Wildman–Crippen MR) is 126 cm³/mol. The summed E-state index contributed by atoms with van der Waals surface area (Å²) in [6, 6.07) is 5.30. The molecule has 0 aliphatic heterocycles. The normalized spacial score (nSPS) is 22.7. The van der Waals surface area contributed by atoms with E-state index in [1.165, 1.54) is 24.3 Å². The maximum atomic E-state index is 14.3. The van der Waals surface area contributed by atoms with Crippen molar-refractivity contribution in [1.82, 2.24) is 25.2 Å². The van der Waals surface area contributed by atoms with Crippen molar-refractivity contribution in [2.45, 2.75) is 45.6 Å². The molecule has 188 valence electrons. The fourth-order valence-corrected chi connectivity index (χ4v) is 5.74. The lowest BCUT2D eigenvalue weighted by molar-refractivity contribution is -0.126. The second-order valence-corrected chi connectivity index (χ2v) is 10.3. The molecule has 3 aromatic rings. The van der Waals surface area contributed by atoms with Gasteiger partial charge in [-0.25, -0.2) is 18.3 Å². The molecular formula is C25H24ClF2N5O3. The van der Waals surface area contributed by atoms with E-state index in [0.29, 0.717) is 12.1 Å². The molecule has 2 aliphatic carbocycles. The van der Waals surface area contributed by atoms with Crippen LogP contribution in [-0.2, 0) is 11.3 Å². The first-order valence-corrected chi connectivity index (χ1v) is 12.0. The van der Waals surface area contributed by atoms with Gasteiger partial charge in [0.1, 0.15) is 23.0 Å². The monoisotopic (exact) mass is 515 g/mol. The average molecular weight is 516 g/mol. The molecule has 0 atom stereocenters. The van der Waals surface area contributed by atoms with Gasteiger partial charge in [0.25, 0.3) is 11.8 Å². The van der Waals surface area contributed by atoms with Crippen LogP contribution >= 0.6 is 11.6 Å². The highest BCUT2D eigenvalue weighted by atomic mass is 35.5. The number of carbonyl (C=O) groups is 3. The lowest BCUT2D eigenvalue weighted by Crippen LogP contribution is -2.36. The summed E-state index contributed by atoms with van der Waals surface area (Å²) in [5.74, 6) is -2.32. The van der Waals surface area contributed by atoms with E-state index in [1.54, 1.807) is 6.92 Å². The van der Waals surface area contributed by atoms with Gasteiger partial charge in [-0.15, -0.1) is 0 Å². The number of aromatic nitrogens is 3. The number of nitrogens with zero attached hydrogens (tertiary/aromatic N) is 3. The number of hydrogen-bond donors (Lipinski definition) is 2. The van der Waals surface area contributed by atoms with Crippen molar-refractivity contribution in [2.75, 3.05) is 6.54 Å². The summed E-state index contributed by atoms with van der Waals surface area (Å²) in [5.41, 5.74) is -0.328. The lowest BCUT2D eigenvalue weighted by Gasteiger charge is -2.27. The molecule has 36 heavy (non-hydrogen) atoms. The van der Waals surface area contributed by atoms with Crippen molar-refractivity contribution in [3.8, 4) is 0 Å². The Labute approximate surface area is 210 Å². The summed E-state index contributed by atoms with van der Waals surface area (Å²) >= 11 is 5.78. The van der Waals surface area contributed by atoms with Gasteiger partial charge in [0.2, 0.25) is 0 Å². The Kier molecular flexibility index (Phi) is 6.02. The number of hydrogen-bond acceptors (Lipinski definition) is 5. The summed E-state index contributed by atoms with van der Waals surface area (Å²) < 4.78 is 28.8. The Bertz CT molecular complexity index is 1400. The zero-order valence-electron chi connectivity index (χ0n) is 19.5. The number of rotatable bonds is 7. The topological polar surface area (TPSA) is 105 Å². The molecule has 11 heteroatoms. The highest BCUT2D eigenvalue weighted by Gasteiger charge is 2.56. The molecule has 0 saturated heterocycles. The number of amides is 2. The third-order valence-corrected chi connectivity index (χ3v) is 7.97. The summed E-state index contributed by atoms with van der Waals surface area (Å²) in [5, 5.41) is 9.35. The van der Waals surface area contributed by atoms with Crippen LogP contribution in [0.1, 0.15) is 65.6 Å². The van der Waals surface area contributed by atoms with Crippen LogP contribution in [0.3, 0.4) is 0 Å². The van der Waals surface area contributed by atoms with Crippen LogP contribution in [0.4, 0.5) is 8.78 Å². The van der Waals surface area contributed by atoms with Crippen LogP contribution in [0, 0.1) is 22.5 Å². The zero-order chi connectivity index (χ0) is 25.7. The van der Waals surface area contributed by atoms with Gasteiger partial charge >= 0.3 is 0 Å². The standard InChI is InChI=1S/C25H24ClF2N5O3/c1-14(34)25-6-4-24(12-25,5-7-25)13-30-23(36)20-9-19(32-21-18(28)11-31-33(20)21)22(35)29-10-15-2-3-17(27)16(26)8-15/h2-3,8-9,11H,4-7,10,12-13H2,1H3,(H,29,35)(H,30,36). The molecule has 2 fully saturated rings. The number of benzene rings is 1. The molecule has 2 bridgehead atoms. The van der Waals surface area contributed by atoms with Gasteiger partial charge in [0.05, 0.1) is 11.2 Å². The van der Waals surface area contributed by atoms with E-state index < -0.39 is 23.4 Å². The van der Waals surface area contributed by atoms with E-state index in [9.17, 15) is 23.2 Å². The van der Waals surface area contributed by atoms with Gasteiger partial charge in [-0.1, -0.05) is 17.7 Å². The van der Waals surface area contributed by atoms with Crippen molar-refractivity contribution in [2.24, 2.45) is 10.8 Å². The van der Waals surface area contributed by atoms with Gasteiger partial charge in [-0.05, 0) is 62.1 Å². The molecule has 1 aromatic carbocycles. The van der Waals surface area contributed by atoms with Crippen molar-refractivity contribution < 1.29 is 23.2 Å². The molecule has 0 spiro atoms. The van der Waals surface area contributed by atoms with Gasteiger partial charge in [0.15, 0.2) is 11.5 Å². The van der Waals surface area contributed by atoms with Crippen LogP contribution in [-0.4, -0.2) is 38.7 Å². The minimum absolute atomic E-state index is 0.0232. The molecule has 2 heterocycles. The Morgan fingerprint density at radius 3 is 2.47 bits per heavy atom. The van der Waals surface area contributed by atoms with Gasteiger partial charge < -0.3 is 10.6 Å². The summed E-state index contributed by atoms with van der Waals surface area (Å²) in [7, 11) is 0. The molecule has 5 rings (SSSR count). The van der Waals surface area contributed by atoms with E-state index >= 15 is 0 Å². The molecule has 2 amide bonds. The smallest absolute Gasteiger partial charge is 0.270 e. The molecule has 2 N–H and O–H groups in total. The van der Waals surface area contributed by atoms with Crippen molar-refractivity contribution >= 4 is 34.8 Å². The number of halogens is 3. The minimum atomic E-state index is -0.777. The number of nitrogens with one attached hydrogen (secondary N) is 2. The lowest BCUT2D eigenvalue weighted by atomic mass is 9.80. The van der Waals surface area contributed by atoms with Crippen molar-refractivity contribution in [1.29, 1.82) is 0 Å². The van der Waals surface area contributed by atoms with Gasteiger partial charge in [0, 0.05) is 24.6 Å². The van der Waals surface area contributed by atoms with E-state index in [2.05, 4.69) is 20.7 Å². The third-order valence-electron chi connectivity index (χ3n) is 7.68. The van der Waals surface area contributed by atoms with Crippen LogP contribution in [0.15, 0.2) is 30.5 Å². The van der Waals surface area contributed by atoms with Crippen LogP contribution in [0.5, 0.6) is 0 Å². The first-order chi connectivity index (χ1) is 17.1. The maximum Gasteiger partial charge on any atom is 0.270 e. The highest BCUT2D eigenvalue weighted by Crippen LogP contribution is 2.61. The van der Waals surface area contributed by atoms with E-state index in [1.807, 2.05) is 0 Å². The van der Waals surface area contributed by atoms with Crippen LogP contribution < -0.4 is 10.6 Å². The number of fused-ring (bicyclic) bond motifs is 3. The fraction of sp³-hybridized carbons (Fsp3) is 0.400. The fourth-order valence-electron chi connectivity index (χ4n) is 5.54. The third kappa shape index (κ3) is 4.23. The number of Topliss-reactive ketones (excluding diaryl/α,β-unsaturated/α-hetero) is 1. The first-order valence-electron chi connectivity index (χ1n) is 11.7. The summed E-state index contributed by atoms with van der Waals surface area (Å²) in [4.78, 5) is 42.1. The molecule has 0 radical (unpaired) electrons. The molecular weight excluding hydrogens is 492 g/mol. The first kappa shape index (κ1) is 24.3. The van der Waals surface area contributed by atoms with Crippen LogP contribution in [0.25, 0.3) is 5.65 Å². The SMILES string of the molecule is CC(=O)C12CCC(CNC(=O)c3cc(C(=O)NCc4ccc(F)c(Cl)c4)nc4c(F)cnn34)(CC1)C2. The molecule has 2 saturated carbocycles. The summed E-state index contributed by atoms with van der Waals surface area (Å²) in [6.07, 6.45) is 5.04. The Balaban J connectivity index is 1.34. The van der Waals surface area contributed by atoms with Crippen LogP contribution in [0.2, 0.25) is 5.02 Å².